The number of hydrogen-bond donors (Lipinski definition) is 0. The second-order valence-corrected chi connectivity index (χ2v) is 22.4. The number of ether oxygens (including phenoxy) is 3. The molecule has 74 heavy (non-hydrogen) atoms. The van der Waals surface area contributed by atoms with Crippen LogP contribution < -0.4 is 0 Å². The maximum absolute atomic E-state index is 12.9. The Labute approximate surface area is 461 Å². The molecular formula is C68H126O6. The molecule has 0 aliphatic rings. The van der Waals surface area contributed by atoms with Crippen LogP contribution in [0.1, 0.15) is 361 Å². The van der Waals surface area contributed by atoms with Gasteiger partial charge in [0.15, 0.2) is 6.10 Å². The van der Waals surface area contributed by atoms with E-state index >= 15 is 0 Å². The molecule has 0 saturated heterocycles. The fraction of sp³-hybridized carbons (Fsp3) is 0.868. The molecule has 0 aromatic carbocycles. The lowest BCUT2D eigenvalue weighted by atomic mass is 10.0. The summed E-state index contributed by atoms with van der Waals surface area (Å²) in [5, 5.41) is 0. The molecule has 0 spiro atoms. The van der Waals surface area contributed by atoms with Crippen LogP contribution in [0.2, 0.25) is 0 Å². The maximum Gasteiger partial charge on any atom is 0.306 e. The lowest BCUT2D eigenvalue weighted by Crippen LogP contribution is -2.30. The third-order valence-corrected chi connectivity index (χ3v) is 14.9. The lowest BCUT2D eigenvalue weighted by molar-refractivity contribution is -0.167. The SMILES string of the molecule is CCCCC/C=C\C/C=C\C/C=C\CCCCCCCCC(=O)OC(COC(=O)CCCCCCCCCC)COC(=O)CCCCCCCCCCCCCCCCCCCCCCCCCCCCCCC. The third kappa shape index (κ3) is 60.5. The first-order chi connectivity index (χ1) is 36.5. The van der Waals surface area contributed by atoms with E-state index in [4.69, 9.17) is 14.2 Å². The van der Waals surface area contributed by atoms with Crippen molar-refractivity contribution in [3.63, 3.8) is 0 Å². The molecule has 0 saturated carbocycles. The highest BCUT2D eigenvalue weighted by Crippen LogP contribution is 2.18. The fourth-order valence-corrected chi connectivity index (χ4v) is 9.92. The molecule has 0 fully saturated rings. The van der Waals surface area contributed by atoms with Gasteiger partial charge in [0.2, 0.25) is 0 Å². The number of hydrogen-bond acceptors (Lipinski definition) is 6. The average molecular weight is 1040 g/mol. The van der Waals surface area contributed by atoms with Crippen LogP contribution in [0.25, 0.3) is 0 Å². The van der Waals surface area contributed by atoms with Gasteiger partial charge in [-0.15, -0.1) is 0 Å². The molecule has 0 bridgehead atoms. The molecule has 0 amide bonds. The Balaban J connectivity index is 4.07. The topological polar surface area (TPSA) is 78.9 Å². The van der Waals surface area contributed by atoms with Crippen LogP contribution in [0.15, 0.2) is 36.5 Å². The molecule has 1 unspecified atom stereocenters. The normalized spacial score (nSPS) is 12.2. The number of esters is 3. The van der Waals surface area contributed by atoms with Gasteiger partial charge in [-0.25, -0.2) is 0 Å². The van der Waals surface area contributed by atoms with Crippen LogP contribution in [0.3, 0.4) is 0 Å². The van der Waals surface area contributed by atoms with Crippen LogP contribution in [-0.2, 0) is 28.6 Å². The summed E-state index contributed by atoms with van der Waals surface area (Å²) < 4.78 is 16.9. The van der Waals surface area contributed by atoms with Crippen molar-refractivity contribution in [3.8, 4) is 0 Å². The van der Waals surface area contributed by atoms with E-state index in [0.717, 1.165) is 77.0 Å². The zero-order chi connectivity index (χ0) is 53.6. The van der Waals surface area contributed by atoms with Crippen molar-refractivity contribution in [2.75, 3.05) is 13.2 Å². The summed E-state index contributed by atoms with van der Waals surface area (Å²) in [7, 11) is 0. The van der Waals surface area contributed by atoms with Crippen LogP contribution in [-0.4, -0.2) is 37.2 Å². The Morgan fingerprint density at radius 1 is 0.270 bits per heavy atom. The van der Waals surface area contributed by atoms with Crippen molar-refractivity contribution in [2.24, 2.45) is 0 Å². The van der Waals surface area contributed by atoms with Crippen molar-refractivity contribution in [1.29, 1.82) is 0 Å². The van der Waals surface area contributed by atoms with Crippen LogP contribution in [0.4, 0.5) is 0 Å². The van der Waals surface area contributed by atoms with Gasteiger partial charge in [0.25, 0.3) is 0 Å². The first-order valence-corrected chi connectivity index (χ1v) is 33.0. The molecule has 0 aromatic heterocycles. The Morgan fingerprint density at radius 2 is 0.486 bits per heavy atom. The third-order valence-electron chi connectivity index (χ3n) is 14.9. The maximum atomic E-state index is 12.9. The van der Waals surface area contributed by atoms with Gasteiger partial charge in [0.05, 0.1) is 0 Å². The highest BCUT2D eigenvalue weighted by Gasteiger charge is 2.19. The van der Waals surface area contributed by atoms with Crippen molar-refractivity contribution in [1.82, 2.24) is 0 Å². The highest BCUT2D eigenvalue weighted by atomic mass is 16.6. The lowest BCUT2D eigenvalue weighted by Gasteiger charge is -2.18. The molecule has 1 atom stereocenters. The molecular weight excluding hydrogens is 913 g/mol. The van der Waals surface area contributed by atoms with Crippen molar-refractivity contribution >= 4 is 17.9 Å². The van der Waals surface area contributed by atoms with E-state index in [1.807, 2.05) is 0 Å². The number of carbonyl (C=O) groups is 3. The molecule has 0 heterocycles. The molecule has 6 heteroatoms. The van der Waals surface area contributed by atoms with E-state index in [-0.39, 0.29) is 31.1 Å². The molecule has 6 nitrogen and oxygen atoms in total. The number of unbranched alkanes of at least 4 members (excludes halogenated alkanes) is 44. The zero-order valence-electron chi connectivity index (χ0n) is 49.9. The van der Waals surface area contributed by atoms with E-state index in [0.29, 0.717) is 19.3 Å². The predicted molar refractivity (Wildman–Crippen MR) is 321 cm³/mol. The summed E-state index contributed by atoms with van der Waals surface area (Å²) >= 11 is 0. The van der Waals surface area contributed by atoms with E-state index in [1.54, 1.807) is 0 Å². The average Bonchev–Trinajstić information content (AvgIpc) is 3.40. The second-order valence-electron chi connectivity index (χ2n) is 22.4. The second kappa shape index (κ2) is 63.2. The number of allylic oxidation sites excluding steroid dienone is 6. The Hall–Kier alpha value is -2.37. The first-order valence-electron chi connectivity index (χ1n) is 33.0. The molecule has 0 aliphatic heterocycles. The molecule has 0 aromatic rings. The minimum absolute atomic E-state index is 0.0730. The summed E-state index contributed by atoms with van der Waals surface area (Å²) in [5.41, 5.74) is 0. The van der Waals surface area contributed by atoms with Gasteiger partial charge in [-0.05, 0) is 57.8 Å². The predicted octanol–water partition coefficient (Wildman–Crippen LogP) is 22.4. The highest BCUT2D eigenvalue weighted by molar-refractivity contribution is 5.71. The van der Waals surface area contributed by atoms with Crippen LogP contribution in [0.5, 0.6) is 0 Å². The van der Waals surface area contributed by atoms with E-state index < -0.39 is 6.10 Å². The molecule has 0 aliphatic carbocycles. The Kier molecular flexibility index (Phi) is 61.1. The number of carbonyl (C=O) groups excluding carboxylic acids is 3. The fourth-order valence-electron chi connectivity index (χ4n) is 9.92. The minimum Gasteiger partial charge on any atom is -0.462 e. The van der Waals surface area contributed by atoms with Gasteiger partial charge >= 0.3 is 17.9 Å². The summed E-state index contributed by atoms with van der Waals surface area (Å²) in [6.45, 7) is 6.63. The monoisotopic (exact) mass is 1040 g/mol. The van der Waals surface area contributed by atoms with Gasteiger partial charge in [0, 0.05) is 19.3 Å². The van der Waals surface area contributed by atoms with Crippen molar-refractivity contribution in [2.45, 2.75) is 367 Å². The Bertz CT molecular complexity index is 1240. The summed E-state index contributed by atoms with van der Waals surface area (Å²) in [4.78, 5) is 38.1. The van der Waals surface area contributed by atoms with Gasteiger partial charge < -0.3 is 14.2 Å². The Morgan fingerprint density at radius 3 is 0.784 bits per heavy atom. The quantitative estimate of drug-likeness (QED) is 0.0261. The zero-order valence-corrected chi connectivity index (χ0v) is 49.9. The van der Waals surface area contributed by atoms with Gasteiger partial charge in [-0.3, -0.25) is 14.4 Å². The van der Waals surface area contributed by atoms with Gasteiger partial charge in [0.1, 0.15) is 13.2 Å². The summed E-state index contributed by atoms with van der Waals surface area (Å²) in [5.74, 6) is -0.869. The smallest absolute Gasteiger partial charge is 0.306 e. The molecule has 0 N–H and O–H groups in total. The van der Waals surface area contributed by atoms with E-state index in [9.17, 15) is 14.4 Å². The summed E-state index contributed by atoms with van der Waals surface area (Å²) in [6.07, 6.45) is 77.6. The van der Waals surface area contributed by atoms with Crippen molar-refractivity contribution in [3.05, 3.63) is 36.5 Å². The summed E-state index contributed by atoms with van der Waals surface area (Å²) in [6, 6.07) is 0. The van der Waals surface area contributed by atoms with Crippen molar-refractivity contribution < 1.29 is 28.6 Å². The minimum atomic E-state index is -0.775. The van der Waals surface area contributed by atoms with E-state index in [1.165, 1.54) is 244 Å². The standard InChI is InChI=1S/C68H126O6/c1-4-7-10-13-16-19-21-23-25-27-29-30-31-32-33-34-35-36-37-38-40-41-43-45-47-49-52-55-58-61-67(70)73-64-65(63-72-66(69)60-57-54-51-18-15-12-9-6-3)74-68(71)62-59-56-53-50-48-46-44-42-39-28-26-24-22-20-17-14-11-8-5-2/h17,20,24,26,39,42,65H,4-16,18-19,21-23,25,27-38,40-41,43-64H2,1-3H3/b20-17-,26-24-,42-39-. The van der Waals surface area contributed by atoms with Gasteiger partial charge in [-0.2, -0.15) is 0 Å². The molecule has 0 radical (unpaired) electrons. The van der Waals surface area contributed by atoms with E-state index in [2.05, 4.69) is 57.2 Å². The largest absolute Gasteiger partial charge is 0.462 e. The van der Waals surface area contributed by atoms with Gasteiger partial charge in [-0.1, -0.05) is 320 Å². The molecule has 0 rings (SSSR count). The molecule has 434 valence electrons. The van der Waals surface area contributed by atoms with Crippen LogP contribution in [0, 0.1) is 0 Å². The van der Waals surface area contributed by atoms with Crippen LogP contribution >= 0.6 is 0 Å². The number of rotatable bonds is 61. The first kappa shape index (κ1) is 71.6.